The van der Waals surface area contributed by atoms with E-state index < -0.39 is 11.7 Å². The summed E-state index contributed by atoms with van der Waals surface area (Å²) in [6, 6.07) is 23.7. The second kappa shape index (κ2) is 13.5. The molecule has 1 N–H and O–H groups in total. The van der Waals surface area contributed by atoms with E-state index in [2.05, 4.69) is 12.0 Å². The predicted octanol–water partition coefficient (Wildman–Crippen LogP) is 6.24. The van der Waals surface area contributed by atoms with Crippen LogP contribution in [0.3, 0.4) is 0 Å². The Balaban J connectivity index is 1.56. The average Bonchev–Trinajstić information content (AvgIpc) is 3.26. The molecule has 0 amide bonds. The first-order valence-electron chi connectivity index (χ1n) is 13.7. The Morgan fingerprint density at radius 1 is 0.795 bits per heavy atom. The smallest absolute Gasteiger partial charge is 0.353 e. The average molecular weight is 526 g/mol. The largest absolute Gasteiger partial charge is 0.478 e. The van der Waals surface area contributed by atoms with Crippen molar-refractivity contribution in [2.45, 2.75) is 64.8 Å². The minimum atomic E-state index is -0.979. The molecule has 39 heavy (non-hydrogen) atoms. The van der Waals surface area contributed by atoms with Crippen molar-refractivity contribution < 1.29 is 14.7 Å². The van der Waals surface area contributed by atoms with Gasteiger partial charge in [0.1, 0.15) is 5.82 Å². The highest BCUT2D eigenvalue weighted by Crippen LogP contribution is 2.24. The third kappa shape index (κ3) is 7.19. The third-order valence-electron chi connectivity index (χ3n) is 6.89. The van der Waals surface area contributed by atoms with Gasteiger partial charge >= 0.3 is 11.7 Å². The number of carboxylic acid groups (broad SMARTS) is 1. The van der Waals surface area contributed by atoms with Crippen LogP contribution in [0.1, 0.15) is 77.6 Å². The summed E-state index contributed by atoms with van der Waals surface area (Å²) < 4.78 is 2.60. The Labute approximate surface area is 228 Å². The number of hydrogen-bond donors (Lipinski definition) is 1. The zero-order valence-corrected chi connectivity index (χ0v) is 22.4. The van der Waals surface area contributed by atoms with Gasteiger partial charge in [-0.1, -0.05) is 112 Å². The van der Waals surface area contributed by atoms with Gasteiger partial charge < -0.3 is 5.11 Å². The summed E-state index contributed by atoms with van der Waals surface area (Å²) >= 11 is 0. The zero-order chi connectivity index (χ0) is 27.6. The maximum absolute atomic E-state index is 13.4. The lowest BCUT2D eigenvalue weighted by molar-refractivity contribution is 0.0697. The highest BCUT2D eigenvalue weighted by Gasteiger charge is 2.19. The number of benzene rings is 3. The van der Waals surface area contributed by atoms with Crippen molar-refractivity contribution in [3.63, 3.8) is 0 Å². The van der Waals surface area contributed by atoms with Crippen LogP contribution in [-0.2, 0) is 19.4 Å². The number of rotatable bonds is 13. The van der Waals surface area contributed by atoms with E-state index in [1.807, 2.05) is 60.7 Å². The van der Waals surface area contributed by atoms with Gasteiger partial charge in [-0.15, -0.1) is 9.78 Å². The van der Waals surface area contributed by atoms with Crippen LogP contribution >= 0.6 is 0 Å². The first-order valence-corrected chi connectivity index (χ1v) is 13.7. The van der Waals surface area contributed by atoms with Crippen LogP contribution in [0.2, 0.25) is 0 Å². The molecule has 4 rings (SSSR count). The third-order valence-corrected chi connectivity index (χ3v) is 6.89. The topological polar surface area (TPSA) is 94.2 Å². The van der Waals surface area contributed by atoms with Gasteiger partial charge in [-0.2, -0.15) is 0 Å². The van der Waals surface area contributed by atoms with Crippen LogP contribution in [0.25, 0.3) is 11.1 Å². The Morgan fingerprint density at radius 2 is 1.46 bits per heavy atom. The maximum Gasteiger partial charge on any atom is 0.353 e. The summed E-state index contributed by atoms with van der Waals surface area (Å²) in [5.74, 6) is -0.722. The predicted molar refractivity (Wildman–Crippen MR) is 152 cm³/mol. The molecule has 7 nitrogen and oxygen atoms in total. The Morgan fingerprint density at radius 3 is 2.18 bits per heavy atom. The Bertz CT molecular complexity index is 1450. The van der Waals surface area contributed by atoms with Gasteiger partial charge in [-0.3, -0.25) is 9.36 Å². The van der Waals surface area contributed by atoms with Crippen LogP contribution in [0.4, 0.5) is 0 Å². The molecule has 0 aliphatic carbocycles. The standard InChI is InChI=1S/C32H35N3O4/c1-2-3-4-5-6-10-17-29-33-35(30(36)22-24-13-8-7-9-14-24)32(39)34(29)23-25-18-20-26(21-19-25)27-15-11-12-16-28(27)31(37)38/h7-9,11-16,18-21H,2-6,10,17,22-23H2,1H3,(H,37,38). The number of aryl methyl sites for hydroxylation is 1. The van der Waals surface area contributed by atoms with Crippen LogP contribution in [0.5, 0.6) is 0 Å². The fraction of sp³-hybridized carbons (Fsp3) is 0.312. The maximum atomic E-state index is 13.4. The van der Waals surface area contributed by atoms with Crippen LogP contribution < -0.4 is 5.69 Å². The molecule has 1 aromatic heterocycles. The number of hydrogen-bond acceptors (Lipinski definition) is 4. The molecular weight excluding hydrogens is 490 g/mol. The lowest BCUT2D eigenvalue weighted by Crippen LogP contribution is -2.31. The molecule has 0 aliphatic heterocycles. The van der Waals surface area contributed by atoms with Crippen LogP contribution in [0.15, 0.2) is 83.7 Å². The molecule has 0 aliphatic rings. The molecule has 0 saturated carbocycles. The van der Waals surface area contributed by atoms with Crippen molar-refractivity contribution in [1.29, 1.82) is 0 Å². The van der Waals surface area contributed by atoms with Crippen molar-refractivity contribution >= 4 is 11.9 Å². The summed E-state index contributed by atoms with van der Waals surface area (Å²) in [5, 5.41) is 14.0. The van der Waals surface area contributed by atoms with Gasteiger partial charge in [0, 0.05) is 6.42 Å². The van der Waals surface area contributed by atoms with Crippen LogP contribution in [0, 0.1) is 0 Å². The molecule has 7 heteroatoms. The molecule has 0 bridgehead atoms. The highest BCUT2D eigenvalue weighted by atomic mass is 16.4. The monoisotopic (exact) mass is 525 g/mol. The lowest BCUT2D eigenvalue weighted by Gasteiger charge is -2.09. The Kier molecular flexibility index (Phi) is 9.62. The van der Waals surface area contributed by atoms with Gasteiger partial charge in [0.25, 0.3) is 5.91 Å². The van der Waals surface area contributed by atoms with Gasteiger partial charge in [-0.05, 0) is 34.7 Å². The van der Waals surface area contributed by atoms with Crippen molar-refractivity contribution in [2.75, 3.05) is 0 Å². The van der Waals surface area contributed by atoms with Crippen LogP contribution in [-0.4, -0.2) is 31.3 Å². The number of carbonyl (C=O) groups excluding carboxylic acids is 1. The molecule has 0 radical (unpaired) electrons. The molecule has 3 aromatic carbocycles. The summed E-state index contributed by atoms with van der Waals surface area (Å²) in [5.41, 5.74) is 2.92. The number of carboxylic acids is 1. The number of aromatic carboxylic acids is 1. The number of unbranched alkanes of at least 4 members (excludes halogenated alkanes) is 5. The number of nitrogens with zero attached hydrogens (tertiary/aromatic N) is 3. The molecule has 0 saturated heterocycles. The van der Waals surface area contributed by atoms with Gasteiger partial charge in [0.05, 0.1) is 18.5 Å². The van der Waals surface area contributed by atoms with Crippen molar-refractivity contribution in [2.24, 2.45) is 0 Å². The van der Waals surface area contributed by atoms with E-state index in [9.17, 15) is 19.5 Å². The molecule has 0 atom stereocenters. The van der Waals surface area contributed by atoms with Gasteiger partial charge in [0.15, 0.2) is 0 Å². The van der Waals surface area contributed by atoms with E-state index in [4.69, 9.17) is 0 Å². The minimum absolute atomic E-state index is 0.103. The van der Waals surface area contributed by atoms with E-state index in [1.165, 1.54) is 19.3 Å². The van der Waals surface area contributed by atoms with Crippen molar-refractivity contribution in [1.82, 2.24) is 14.3 Å². The lowest BCUT2D eigenvalue weighted by atomic mass is 9.99. The highest BCUT2D eigenvalue weighted by molar-refractivity contribution is 5.96. The second-order valence-corrected chi connectivity index (χ2v) is 9.82. The molecule has 4 aromatic rings. The first-order chi connectivity index (χ1) is 19.0. The van der Waals surface area contributed by atoms with E-state index in [-0.39, 0.29) is 24.4 Å². The molecule has 0 spiro atoms. The Hall–Kier alpha value is -4.26. The van der Waals surface area contributed by atoms with Crippen molar-refractivity contribution in [3.8, 4) is 11.1 Å². The number of carbonyl (C=O) groups is 2. The van der Waals surface area contributed by atoms with E-state index >= 15 is 0 Å². The molecule has 0 unspecified atom stereocenters. The molecule has 1 heterocycles. The quantitative estimate of drug-likeness (QED) is 0.208. The normalized spacial score (nSPS) is 11.0. The number of aromatic nitrogens is 3. The zero-order valence-electron chi connectivity index (χ0n) is 22.4. The first kappa shape index (κ1) is 27.8. The SMILES string of the molecule is CCCCCCCCc1nn(C(=O)Cc2ccccc2)c(=O)n1Cc1ccc(-c2ccccc2C(=O)O)cc1. The summed E-state index contributed by atoms with van der Waals surface area (Å²) in [4.78, 5) is 38.0. The van der Waals surface area contributed by atoms with E-state index in [0.29, 0.717) is 17.8 Å². The fourth-order valence-electron chi connectivity index (χ4n) is 4.75. The van der Waals surface area contributed by atoms with Gasteiger partial charge in [-0.25, -0.2) is 9.59 Å². The summed E-state index contributed by atoms with van der Waals surface area (Å²) in [7, 11) is 0. The molecule has 0 fully saturated rings. The second-order valence-electron chi connectivity index (χ2n) is 9.82. The summed E-state index contributed by atoms with van der Waals surface area (Å²) in [6.45, 7) is 2.47. The summed E-state index contributed by atoms with van der Waals surface area (Å²) in [6.07, 6.45) is 7.43. The van der Waals surface area contributed by atoms with Crippen molar-refractivity contribution in [3.05, 3.63) is 112 Å². The van der Waals surface area contributed by atoms with E-state index in [1.54, 1.807) is 22.8 Å². The van der Waals surface area contributed by atoms with E-state index in [0.717, 1.165) is 40.6 Å². The fourth-order valence-corrected chi connectivity index (χ4v) is 4.75. The van der Waals surface area contributed by atoms with Gasteiger partial charge in [0.2, 0.25) is 0 Å². The molecule has 202 valence electrons. The minimum Gasteiger partial charge on any atom is -0.478 e. The molecular formula is C32H35N3O4.